The smallest absolute Gasteiger partial charge is 0.286 e. The maximum Gasteiger partial charge on any atom is 0.389 e. The van der Waals surface area contributed by atoms with Gasteiger partial charge in [-0.15, -0.1) is 0 Å². The quantitative estimate of drug-likeness (QED) is 0.569. The molecule has 0 aromatic rings. The van der Waals surface area contributed by atoms with E-state index in [0.29, 0.717) is 0 Å². The monoisotopic (exact) mass is 220 g/mol. The molecule has 0 heterocycles. The van der Waals surface area contributed by atoms with Gasteiger partial charge in [0.25, 0.3) is 10.1 Å². The van der Waals surface area contributed by atoms with Gasteiger partial charge in [0.1, 0.15) is 0 Å². The Morgan fingerprint density at radius 1 is 1.08 bits per heavy atom. The third kappa shape index (κ3) is 11.7. The molecule has 0 unspecified atom stereocenters. The van der Waals surface area contributed by atoms with Crippen LogP contribution in [0.1, 0.15) is 25.7 Å². The molecule has 0 rings (SSSR count). The van der Waals surface area contributed by atoms with Gasteiger partial charge in [0.05, 0.1) is 5.75 Å². The van der Waals surface area contributed by atoms with Crippen molar-refractivity contribution in [1.29, 1.82) is 0 Å². The normalized spacial score (nSPS) is 13.2. The Labute approximate surface area is 74.7 Å². The van der Waals surface area contributed by atoms with E-state index in [0.717, 1.165) is 0 Å². The van der Waals surface area contributed by atoms with Crippen molar-refractivity contribution in [2.45, 2.75) is 31.9 Å². The first-order valence-electron chi connectivity index (χ1n) is 3.73. The molecule has 0 saturated heterocycles. The summed E-state index contributed by atoms with van der Waals surface area (Å²) in [5.74, 6) is -0.467. The zero-order valence-electron chi connectivity index (χ0n) is 6.84. The number of hydrogen-bond donors (Lipinski definition) is 1. The number of unbranched alkanes of at least 4 members (excludes halogenated alkanes) is 2. The number of halogens is 3. The average molecular weight is 220 g/mol. The van der Waals surface area contributed by atoms with E-state index in [2.05, 4.69) is 0 Å². The molecule has 0 aromatic heterocycles. The first-order valence-corrected chi connectivity index (χ1v) is 5.33. The first-order chi connectivity index (χ1) is 5.71. The second kappa shape index (κ2) is 4.80. The predicted octanol–water partition coefficient (Wildman–Crippen LogP) is 2.00. The Morgan fingerprint density at radius 3 is 2.00 bits per heavy atom. The van der Waals surface area contributed by atoms with E-state index in [1.807, 2.05) is 0 Å². The van der Waals surface area contributed by atoms with Crippen LogP contribution in [0.5, 0.6) is 0 Å². The fraction of sp³-hybridized carbons (Fsp3) is 1.00. The molecule has 0 radical (unpaired) electrons. The lowest BCUT2D eigenvalue weighted by Crippen LogP contribution is -2.07. The Morgan fingerprint density at radius 2 is 1.62 bits per heavy atom. The summed E-state index contributed by atoms with van der Waals surface area (Å²) in [5.41, 5.74) is 0. The van der Waals surface area contributed by atoms with E-state index in [4.69, 9.17) is 4.55 Å². The minimum absolute atomic E-state index is 0.0644. The Bertz CT molecular complexity index is 232. The molecule has 0 aliphatic heterocycles. The van der Waals surface area contributed by atoms with Gasteiger partial charge in [0, 0.05) is 6.42 Å². The van der Waals surface area contributed by atoms with Gasteiger partial charge in [-0.2, -0.15) is 21.6 Å². The van der Waals surface area contributed by atoms with Crippen molar-refractivity contribution in [3.63, 3.8) is 0 Å². The van der Waals surface area contributed by atoms with Crippen molar-refractivity contribution >= 4 is 10.1 Å². The van der Waals surface area contributed by atoms with Crippen LogP contribution in [0.4, 0.5) is 13.2 Å². The lowest BCUT2D eigenvalue weighted by molar-refractivity contribution is -0.135. The van der Waals surface area contributed by atoms with Gasteiger partial charge < -0.3 is 0 Å². The second-order valence-electron chi connectivity index (χ2n) is 2.71. The summed E-state index contributed by atoms with van der Waals surface area (Å²) in [6.45, 7) is 0. The molecular weight excluding hydrogens is 209 g/mol. The molecule has 13 heavy (non-hydrogen) atoms. The molecule has 0 aliphatic carbocycles. The minimum Gasteiger partial charge on any atom is -0.286 e. The van der Waals surface area contributed by atoms with E-state index in [1.165, 1.54) is 0 Å². The van der Waals surface area contributed by atoms with E-state index in [9.17, 15) is 21.6 Å². The molecule has 0 saturated carbocycles. The molecule has 3 nitrogen and oxygen atoms in total. The Balaban J connectivity index is 3.39. The maximum absolute atomic E-state index is 11.5. The zero-order valence-corrected chi connectivity index (χ0v) is 7.66. The fourth-order valence-electron chi connectivity index (χ4n) is 0.787. The topological polar surface area (TPSA) is 54.4 Å². The van der Waals surface area contributed by atoms with Crippen molar-refractivity contribution < 1.29 is 26.1 Å². The third-order valence-corrected chi connectivity index (χ3v) is 2.17. The van der Waals surface area contributed by atoms with Crippen LogP contribution in [0.2, 0.25) is 0 Å². The molecule has 80 valence electrons. The summed E-state index contributed by atoms with van der Waals surface area (Å²) in [7, 11) is -4.02. The molecular formula is C6H11F3O3S. The lowest BCUT2D eigenvalue weighted by atomic mass is 10.2. The lowest BCUT2D eigenvalue weighted by Gasteiger charge is -2.04. The van der Waals surface area contributed by atoms with Crippen LogP contribution in [0.15, 0.2) is 0 Å². The van der Waals surface area contributed by atoms with Crippen LogP contribution in [0.3, 0.4) is 0 Å². The zero-order chi connectivity index (χ0) is 10.5. The van der Waals surface area contributed by atoms with E-state index >= 15 is 0 Å². The molecule has 0 aliphatic rings. The van der Waals surface area contributed by atoms with Crippen LogP contribution >= 0.6 is 0 Å². The molecule has 0 aromatic carbocycles. The van der Waals surface area contributed by atoms with Gasteiger partial charge in [-0.05, 0) is 12.8 Å². The number of alkyl halides is 3. The van der Waals surface area contributed by atoms with E-state index in [1.54, 1.807) is 0 Å². The second-order valence-corrected chi connectivity index (χ2v) is 4.28. The van der Waals surface area contributed by atoms with Crippen molar-refractivity contribution in [3.8, 4) is 0 Å². The van der Waals surface area contributed by atoms with Gasteiger partial charge in [-0.3, -0.25) is 4.55 Å². The molecule has 0 bridgehead atoms. The van der Waals surface area contributed by atoms with Gasteiger partial charge in [-0.25, -0.2) is 0 Å². The van der Waals surface area contributed by atoms with Crippen LogP contribution in [0.25, 0.3) is 0 Å². The van der Waals surface area contributed by atoms with Crippen molar-refractivity contribution in [2.24, 2.45) is 0 Å². The molecule has 0 atom stereocenters. The highest BCUT2D eigenvalue weighted by Crippen LogP contribution is 2.22. The maximum atomic E-state index is 11.5. The summed E-state index contributed by atoms with van der Waals surface area (Å²) >= 11 is 0. The third-order valence-electron chi connectivity index (χ3n) is 1.36. The van der Waals surface area contributed by atoms with Crippen molar-refractivity contribution in [2.75, 3.05) is 5.75 Å². The highest BCUT2D eigenvalue weighted by molar-refractivity contribution is 7.85. The first kappa shape index (κ1) is 12.7. The predicted molar refractivity (Wildman–Crippen MR) is 40.9 cm³/mol. The molecule has 0 spiro atoms. The number of rotatable bonds is 5. The van der Waals surface area contributed by atoms with Gasteiger partial charge >= 0.3 is 6.18 Å². The molecule has 7 heteroatoms. The molecule has 0 amide bonds. The van der Waals surface area contributed by atoms with Crippen molar-refractivity contribution in [3.05, 3.63) is 0 Å². The summed E-state index contributed by atoms with van der Waals surface area (Å²) in [4.78, 5) is 0. The summed E-state index contributed by atoms with van der Waals surface area (Å²) in [6, 6.07) is 0. The Hall–Kier alpha value is -0.300. The summed E-state index contributed by atoms with van der Waals surface area (Å²) in [6.07, 6.45) is -4.97. The highest BCUT2D eigenvalue weighted by Gasteiger charge is 2.25. The summed E-state index contributed by atoms with van der Waals surface area (Å²) in [5, 5.41) is 0. The van der Waals surface area contributed by atoms with Gasteiger partial charge in [0.15, 0.2) is 0 Å². The van der Waals surface area contributed by atoms with Gasteiger partial charge in [0.2, 0.25) is 0 Å². The summed E-state index contributed by atoms with van der Waals surface area (Å²) < 4.78 is 63.1. The standard InChI is InChI=1S/C6H11F3O3S/c7-6(8,9)4-2-1-3-5-13(10,11)12/h1-5H2,(H,10,11,12). The number of hydrogen-bond acceptors (Lipinski definition) is 2. The largest absolute Gasteiger partial charge is 0.389 e. The SMILES string of the molecule is O=S(=O)(O)CCCCCC(F)(F)F. The van der Waals surface area contributed by atoms with E-state index in [-0.39, 0.29) is 19.3 Å². The van der Waals surface area contributed by atoms with E-state index < -0.39 is 28.5 Å². The van der Waals surface area contributed by atoms with Gasteiger partial charge in [-0.1, -0.05) is 6.42 Å². The molecule has 1 N–H and O–H groups in total. The average Bonchev–Trinajstić information content (AvgIpc) is 1.81. The van der Waals surface area contributed by atoms with Crippen LogP contribution in [-0.2, 0) is 10.1 Å². The minimum atomic E-state index is -4.18. The Kier molecular flexibility index (Phi) is 4.69. The van der Waals surface area contributed by atoms with Crippen molar-refractivity contribution in [1.82, 2.24) is 0 Å². The molecule has 0 fully saturated rings. The highest BCUT2D eigenvalue weighted by atomic mass is 32.2. The fourth-order valence-corrected chi connectivity index (χ4v) is 1.36. The van der Waals surface area contributed by atoms with Crippen LogP contribution in [-0.4, -0.2) is 24.9 Å². The van der Waals surface area contributed by atoms with Crippen LogP contribution < -0.4 is 0 Å². The van der Waals surface area contributed by atoms with Crippen LogP contribution in [0, 0.1) is 0 Å².